The van der Waals surface area contributed by atoms with Crippen molar-refractivity contribution in [2.75, 3.05) is 13.2 Å². The molecule has 0 aliphatic rings. The van der Waals surface area contributed by atoms with Gasteiger partial charge in [0.25, 0.3) is 0 Å². The van der Waals surface area contributed by atoms with E-state index in [2.05, 4.69) is 41.5 Å². The van der Waals surface area contributed by atoms with Gasteiger partial charge in [-0.15, -0.1) is 24.0 Å². The first kappa shape index (κ1) is 18.2. The Morgan fingerprint density at radius 1 is 1.21 bits per heavy atom. The van der Waals surface area contributed by atoms with Crippen LogP contribution in [-0.2, 0) is 17.9 Å². The van der Waals surface area contributed by atoms with Crippen LogP contribution in [-0.4, -0.2) is 19.1 Å². The van der Waals surface area contributed by atoms with Gasteiger partial charge in [-0.3, -0.25) is 0 Å². The molecule has 3 N–H and O–H groups in total. The fraction of sp³-hybridized carbons (Fsp3) is 0.500. The van der Waals surface area contributed by atoms with Crippen molar-refractivity contribution in [3.05, 3.63) is 35.4 Å². The molecule has 108 valence electrons. The smallest absolute Gasteiger partial charge is 0.188 e. The average Bonchev–Trinajstić information content (AvgIpc) is 2.41. The summed E-state index contributed by atoms with van der Waals surface area (Å²) in [5, 5.41) is 3.05. The zero-order valence-electron chi connectivity index (χ0n) is 11.7. The van der Waals surface area contributed by atoms with Crippen LogP contribution in [0.2, 0.25) is 0 Å². The van der Waals surface area contributed by atoms with E-state index in [1.165, 1.54) is 5.56 Å². The number of nitrogens with one attached hydrogen (secondary N) is 1. The Labute approximate surface area is 132 Å². The van der Waals surface area contributed by atoms with Crippen LogP contribution in [0.5, 0.6) is 0 Å². The predicted octanol–water partition coefficient (Wildman–Crippen LogP) is 2.66. The van der Waals surface area contributed by atoms with Crippen molar-refractivity contribution >= 4 is 29.9 Å². The van der Waals surface area contributed by atoms with E-state index in [4.69, 9.17) is 10.5 Å². The minimum absolute atomic E-state index is 0. The van der Waals surface area contributed by atoms with Gasteiger partial charge < -0.3 is 15.8 Å². The van der Waals surface area contributed by atoms with Crippen molar-refractivity contribution in [3.63, 3.8) is 0 Å². The lowest BCUT2D eigenvalue weighted by Gasteiger charge is -2.05. The van der Waals surface area contributed by atoms with Gasteiger partial charge >= 0.3 is 0 Å². The molecular weight excluding hydrogens is 353 g/mol. The second kappa shape index (κ2) is 11.0. The van der Waals surface area contributed by atoms with E-state index in [1.54, 1.807) is 0 Å². The number of benzene rings is 1. The Morgan fingerprint density at radius 2 is 1.84 bits per heavy atom. The summed E-state index contributed by atoms with van der Waals surface area (Å²) in [6, 6.07) is 8.25. The topological polar surface area (TPSA) is 59.6 Å². The van der Waals surface area contributed by atoms with Crippen molar-refractivity contribution in [2.45, 2.75) is 33.4 Å². The Kier molecular flexibility index (Phi) is 10.6. The molecule has 0 atom stereocenters. The maximum atomic E-state index is 5.72. The molecule has 1 rings (SSSR count). The maximum absolute atomic E-state index is 5.72. The van der Waals surface area contributed by atoms with E-state index in [0.29, 0.717) is 19.1 Å². The molecule has 0 heterocycles. The third kappa shape index (κ3) is 8.05. The quantitative estimate of drug-likeness (QED) is 0.436. The Bertz CT molecular complexity index is 365. The molecule has 0 bridgehead atoms. The molecule has 0 radical (unpaired) electrons. The lowest BCUT2D eigenvalue weighted by molar-refractivity contribution is 0.134. The molecule has 0 aromatic heterocycles. The average molecular weight is 377 g/mol. The summed E-state index contributed by atoms with van der Waals surface area (Å²) in [6.45, 7) is 6.97. The van der Waals surface area contributed by atoms with Crippen LogP contribution in [0.1, 0.15) is 31.4 Å². The van der Waals surface area contributed by atoms with E-state index in [-0.39, 0.29) is 24.0 Å². The van der Waals surface area contributed by atoms with Crippen molar-refractivity contribution in [3.8, 4) is 0 Å². The lowest BCUT2D eigenvalue weighted by Crippen LogP contribution is -2.32. The molecular formula is C14H24IN3O. The van der Waals surface area contributed by atoms with E-state index in [1.807, 2.05) is 6.92 Å². The van der Waals surface area contributed by atoms with Crippen LogP contribution in [0.15, 0.2) is 29.3 Å². The minimum atomic E-state index is 0. The van der Waals surface area contributed by atoms with Crippen molar-refractivity contribution in [1.29, 1.82) is 0 Å². The number of ether oxygens (including phenoxy) is 1. The maximum Gasteiger partial charge on any atom is 0.188 e. The number of hydrogen-bond donors (Lipinski definition) is 2. The van der Waals surface area contributed by atoms with Gasteiger partial charge in [0.05, 0.1) is 13.2 Å². The highest BCUT2D eigenvalue weighted by atomic mass is 127. The van der Waals surface area contributed by atoms with E-state index >= 15 is 0 Å². The number of halogens is 1. The molecule has 0 saturated heterocycles. The van der Waals surface area contributed by atoms with E-state index in [0.717, 1.165) is 25.1 Å². The Hall–Kier alpha value is -0.820. The molecule has 0 saturated carbocycles. The molecule has 0 aliphatic heterocycles. The number of rotatable bonds is 7. The predicted molar refractivity (Wildman–Crippen MR) is 90.8 cm³/mol. The van der Waals surface area contributed by atoms with Gasteiger partial charge in [0, 0.05) is 13.2 Å². The first-order valence-electron chi connectivity index (χ1n) is 6.45. The first-order valence-corrected chi connectivity index (χ1v) is 6.45. The van der Waals surface area contributed by atoms with E-state index in [9.17, 15) is 0 Å². The van der Waals surface area contributed by atoms with Gasteiger partial charge in [0.15, 0.2) is 5.96 Å². The largest absolute Gasteiger partial charge is 0.377 e. The monoisotopic (exact) mass is 377 g/mol. The summed E-state index contributed by atoms with van der Waals surface area (Å²) in [6.07, 6.45) is 1.04. The number of hydrogen-bond acceptors (Lipinski definition) is 2. The van der Waals surface area contributed by atoms with Crippen LogP contribution in [0, 0.1) is 0 Å². The second-order valence-electron chi connectivity index (χ2n) is 4.08. The van der Waals surface area contributed by atoms with Crippen LogP contribution >= 0.6 is 24.0 Å². The van der Waals surface area contributed by atoms with Gasteiger partial charge in [0.1, 0.15) is 0 Å². The minimum Gasteiger partial charge on any atom is -0.377 e. The molecule has 4 nitrogen and oxygen atoms in total. The summed E-state index contributed by atoms with van der Waals surface area (Å²) in [4.78, 5) is 4.28. The highest BCUT2D eigenvalue weighted by molar-refractivity contribution is 14.0. The van der Waals surface area contributed by atoms with Gasteiger partial charge in [-0.1, -0.05) is 31.2 Å². The normalized spacial score (nSPS) is 10.9. The van der Waals surface area contributed by atoms with Crippen molar-refractivity contribution in [2.24, 2.45) is 10.7 Å². The molecule has 0 aliphatic carbocycles. The molecule has 1 aromatic carbocycles. The fourth-order valence-electron chi connectivity index (χ4n) is 1.45. The van der Waals surface area contributed by atoms with Crippen molar-refractivity contribution < 1.29 is 4.74 Å². The van der Waals surface area contributed by atoms with Gasteiger partial charge in [-0.2, -0.15) is 0 Å². The third-order valence-corrected chi connectivity index (χ3v) is 2.48. The zero-order chi connectivity index (χ0) is 13.2. The lowest BCUT2D eigenvalue weighted by atomic mass is 10.1. The fourth-order valence-corrected chi connectivity index (χ4v) is 1.45. The van der Waals surface area contributed by atoms with Crippen LogP contribution in [0.3, 0.4) is 0 Å². The molecule has 19 heavy (non-hydrogen) atoms. The number of nitrogens with zero attached hydrogens (tertiary/aromatic N) is 1. The molecule has 1 aromatic rings. The van der Waals surface area contributed by atoms with Crippen molar-refractivity contribution in [1.82, 2.24) is 5.32 Å². The standard InChI is InChI=1S/C14H23N3O.HI/c1-3-9-16-14(15)17-10-12-5-7-13(8-6-12)11-18-4-2;/h5-8H,3-4,9-11H2,1-2H3,(H3,15,16,17);1H. The van der Waals surface area contributed by atoms with Crippen LogP contribution in [0.25, 0.3) is 0 Å². The highest BCUT2D eigenvalue weighted by Crippen LogP contribution is 2.06. The van der Waals surface area contributed by atoms with Gasteiger partial charge in [0.2, 0.25) is 0 Å². The molecule has 0 unspecified atom stereocenters. The molecule has 0 fully saturated rings. The summed E-state index contributed by atoms with van der Waals surface area (Å²) in [5.41, 5.74) is 8.05. The summed E-state index contributed by atoms with van der Waals surface area (Å²) in [7, 11) is 0. The summed E-state index contributed by atoms with van der Waals surface area (Å²) in [5.74, 6) is 0.509. The van der Waals surface area contributed by atoms with Gasteiger partial charge in [-0.25, -0.2) is 4.99 Å². The SMILES string of the molecule is CCCNC(N)=NCc1ccc(COCC)cc1.I. The zero-order valence-corrected chi connectivity index (χ0v) is 14.0. The molecule has 5 heteroatoms. The molecule has 0 amide bonds. The van der Waals surface area contributed by atoms with Crippen LogP contribution < -0.4 is 11.1 Å². The number of guanidine groups is 1. The Balaban J connectivity index is 0.00000324. The molecule has 0 spiro atoms. The second-order valence-corrected chi connectivity index (χ2v) is 4.08. The first-order chi connectivity index (χ1) is 8.76. The highest BCUT2D eigenvalue weighted by Gasteiger charge is 1.95. The van der Waals surface area contributed by atoms with Crippen LogP contribution in [0.4, 0.5) is 0 Å². The third-order valence-electron chi connectivity index (χ3n) is 2.48. The summed E-state index contributed by atoms with van der Waals surface area (Å²) < 4.78 is 5.34. The number of aliphatic imine (C=N–C) groups is 1. The Morgan fingerprint density at radius 3 is 2.42 bits per heavy atom. The van der Waals surface area contributed by atoms with Gasteiger partial charge in [-0.05, 0) is 24.5 Å². The summed E-state index contributed by atoms with van der Waals surface area (Å²) >= 11 is 0. The number of nitrogens with two attached hydrogens (primary N) is 1. The van der Waals surface area contributed by atoms with E-state index < -0.39 is 0 Å².